The number of benzene rings is 2. The summed E-state index contributed by atoms with van der Waals surface area (Å²) < 4.78 is 13.6. The molecule has 2 rings (SSSR count). The van der Waals surface area contributed by atoms with Crippen LogP contribution in [0.5, 0.6) is 0 Å². The molecule has 0 aliphatic heterocycles. The smallest absolute Gasteiger partial charge is 0.272 e. The predicted molar refractivity (Wildman–Crippen MR) is 71.3 cm³/mol. The number of hydrazine groups is 1. The van der Waals surface area contributed by atoms with Gasteiger partial charge >= 0.3 is 0 Å². The van der Waals surface area contributed by atoms with E-state index in [9.17, 15) is 19.3 Å². The molecule has 4 N–H and O–H groups in total. The van der Waals surface area contributed by atoms with Crippen molar-refractivity contribution in [1.29, 1.82) is 0 Å². The molecular weight excluding hydrogens is 265 g/mol. The maximum Gasteiger partial charge on any atom is 0.272 e. The molecule has 0 aromatic heterocycles. The van der Waals surface area contributed by atoms with Gasteiger partial charge in [0.1, 0.15) is 5.82 Å². The Labute approximate surface area is 113 Å². The van der Waals surface area contributed by atoms with Crippen molar-refractivity contribution in [2.75, 3.05) is 0 Å². The van der Waals surface area contributed by atoms with Crippen LogP contribution in [0.4, 0.5) is 10.1 Å². The minimum Gasteiger partial charge on any atom is -0.288 e. The fourth-order valence-corrected chi connectivity index (χ4v) is 1.55. The first kappa shape index (κ1) is 15.4. The minimum absolute atomic E-state index is 0.174. The summed E-state index contributed by atoms with van der Waals surface area (Å²) in [6, 6.07) is 11.2. The Hall–Kier alpha value is -2.64. The standard InChI is InChI=1S/C13H8FNO3.H4N2/c14-12-8-10(15(17)18)6-7-11(12)13(16)9-4-2-1-3-5-9;1-2/h1-8H;1-2H2. The Bertz CT molecular complexity index is 618. The number of nitrogens with zero attached hydrogens (tertiary/aromatic N) is 1. The number of ketones is 1. The van der Waals surface area contributed by atoms with Gasteiger partial charge in [-0.2, -0.15) is 0 Å². The van der Waals surface area contributed by atoms with Gasteiger partial charge in [0.05, 0.1) is 16.6 Å². The molecule has 0 bridgehead atoms. The fraction of sp³-hybridized carbons (Fsp3) is 0. The van der Waals surface area contributed by atoms with Gasteiger partial charge in [-0.3, -0.25) is 26.6 Å². The number of nitrogens with two attached hydrogens (primary N) is 2. The van der Waals surface area contributed by atoms with E-state index in [0.717, 1.165) is 18.2 Å². The van der Waals surface area contributed by atoms with E-state index in [1.807, 2.05) is 0 Å². The number of halogens is 1. The lowest BCUT2D eigenvalue weighted by molar-refractivity contribution is -0.385. The summed E-state index contributed by atoms with van der Waals surface area (Å²) >= 11 is 0. The maximum atomic E-state index is 13.6. The Balaban J connectivity index is 0.000000956. The first-order chi connectivity index (χ1) is 9.59. The molecule has 0 radical (unpaired) electrons. The number of nitro groups is 1. The van der Waals surface area contributed by atoms with Crippen LogP contribution in [0.15, 0.2) is 48.5 Å². The second-order valence-electron chi connectivity index (χ2n) is 3.62. The van der Waals surface area contributed by atoms with Gasteiger partial charge in [-0.25, -0.2) is 4.39 Å². The van der Waals surface area contributed by atoms with Crippen LogP contribution >= 0.6 is 0 Å². The molecule has 0 aliphatic rings. The van der Waals surface area contributed by atoms with E-state index < -0.39 is 16.5 Å². The fourth-order valence-electron chi connectivity index (χ4n) is 1.55. The molecule has 0 aliphatic carbocycles. The van der Waals surface area contributed by atoms with Crippen molar-refractivity contribution in [1.82, 2.24) is 0 Å². The lowest BCUT2D eigenvalue weighted by atomic mass is 10.0. The maximum absolute atomic E-state index is 13.6. The minimum atomic E-state index is -0.891. The molecule has 20 heavy (non-hydrogen) atoms. The van der Waals surface area contributed by atoms with E-state index in [4.69, 9.17) is 0 Å². The average Bonchev–Trinajstić information content (AvgIpc) is 2.49. The largest absolute Gasteiger partial charge is 0.288 e. The summed E-state index contributed by atoms with van der Waals surface area (Å²) in [7, 11) is 0. The van der Waals surface area contributed by atoms with Crippen molar-refractivity contribution < 1.29 is 14.1 Å². The SMILES string of the molecule is NN.O=C(c1ccccc1)c1ccc([N+](=O)[O-])cc1F. The molecule has 2 aromatic rings. The van der Waals surface area contributed by atoms with Crippen LogP contribution in [0.2, 0.25) is 0 Å². The number of hydrogen-bond acceptors (Lipinski definition) is 5. The second kappa shape index (κ2) is 7.07. The zero-order valence-corrected chi connectivity index (χ0v) is 10.3. The van der Waals surface area contributed by atoms with E-state index in [0.29, 0.717) is 5.56 Å². The second-order valence-corrected chi connectivity index (χ2v) is 3.62. The zero-order chi connectivity index (χ0) is 15.1. The van der Waals surface area contributed by atoms with Gasteiger partial charge in [0.25, 0.3) is 5.69 Å². The highest BCUT2D eigenvalue weighted by Gasteiger charge is 2.17. The number of carbonyl (C=O) groups excluding carboxylic acids is 1. The van der Waals surface area contributed by atoms with Gasteiger partial charge < -0.3 is 0 Å². The summed E-state index contributed by atoms with van der Waals surface area (Å²) in [5.41, 5.74) is -0.214. The Kier molecular flexibility index (Phi) is 5.45. The van der Waals surface area contributed by atoms with E-state index in [1.165, 1.54) is 0 Å². The Morgan fingerprint density at radius 3 is 2.20 bits per heavy atom. The van der Waals surface area contributed by atoms with Crippen molar-refractivity contribution in [3.8, 4) is 0 Å². The highest BCUT2D eigenvalue weighted by atomic mass is 19.1. The van der Waals surface area contributed by atoms with Crippen LogP contribution in [0.1, 0.15) is 15.9 Å². The average molecular weight is 277 g/mol. The molecule has 0 unspecified atom stereocenters. The molecule has 0 saturated heterocycles. The lowest BCUT2D eigenvalue weighted by Crippen LogP contribution is -2.04. The van der Waals surface area contributed by atoms with E-state index in [2.05, 4.69) is 11.7 Å². The van der Waals surface area contributed by atoms with Crippen molar-refractivity contribution in [2.24, 2.45) is 11.7 Å². The van der Waals surface area contributed by atoms with Gasteiger partial charge in [-0.1, -0.05) is 30.3 Å². The van der Waals surface area contributed by atoms with Crippen molar-refractivity contribution in [2.45, 2.75) is 0 Å². The molecule has 7 heteroatoms. The molecule has 104 valence electrons. The van der Waals surface area contributed by atoms with E-state index >= 15 is 0 Å². The monoisotopic (exact) mass is 277 g/mol. The number of hydrogen-bond donors (Lipinski definition) is 2. The predicted octanol–water partition coefficient (Wildman–Crippen LogP) is 1.78. The van der Waals surface area contributed by atoms with Crippen LogP contribution in [-0.4, -0.2) is 10.7 Å². The number of carbonyl (C=O) groups is 1. The topological polar surface area (TPSA) is 112 Å². The molecule has 0 spiro atoms. The molecule has 0 saturated carbocycles. The third-order valence-electron chi connectivity index (χ3n) is 2.44. The third-order valence-corrected chi connectivity index (χ3v) is 2.44. The number of rotatable bonds is 3. The van der Waals surface area contributed by atoms with Gasteiger partial charge in [-0.15, -0.1) is 0 Å². The van der Waals surface area contributed by atoms with Crippen LogP contribution in [-0.2, 0) is 0 Å². The zero-order valence-electron chi connectivity index (χ0n) is 10.3. The molecule has 6 nitrogen and oxygen atoms in total. The highest BCUT2D eigenvalue weighted by molar-refractivity contribution is 6.09. The lowest BCUT2D eigenvalue weighted by Gasteiger charge is -2.02. The van der Waals surface area contributed by atoms with Crippen LogP contribution in [0.3, 0.4) is 0 Å². The summed E-state index contributed by atoms with van der Waals surface area (Å²) in [5, 5.41) is 10.5. The molecule has 0 amide bonds. The van der Waals surface area contributed by atoms with Gasteiger partial charge in [0.2, 0.25) is 0 Å². The highest BCUT2D eigenvalue weighted by Crippen LogP contribution is 2.19. The summed E-state index contributed by atoms with van der Waals surface area (Å²) in [6.45, 7) is 0. The van der Waals surface area contributed by atoms with Gasteiger partial charge in [0, 0.05) is 11.6 Å². The Morgan fingerprint density at radius 2 is 1.70 bits per heavy atom. The van der Waals surface area contributed by atoms with Crippen molar-refractivity contribution >= 4 is 11.5 Å². The van der Waals surface area contributed by atoms with Crippen LogP contribution in [0, 0.1) is 15.9 Å². The molecule has 0 fully saturated rings. The quantitative estimate of drug-likeness (QED) is 0.384. The van der Waals surface area contributed by atoms with Gasteiger partial charge in [0.15, 0.2) is 5.78 Å². The molecular formula is C13H12FN3O3. The van der Waals surface area contributed by atoms with E-state index in [1.54, 1.807) is 30.3 Å². The first-order valence-corrected chi connectivity index (χ1v) is 5.46. The third kappa shape index (κ3) is 3.44. The van der Waals surface area contributed by atoms with E-state index in [-0.39, 0.29) is 11.3 Å². The van der Waals surface area contributed by atoms with Gasteiger partial charge in [-0.05, 0) is 6.07 Å². The molecule has 0 atom stereocenters. The van der Waals surface area contributed by atoms with Crippen molar-refractivity contribution in [3.05, 3.63) is 75.6 Å². The summed E-state index contributed by atoms with van der Waals surface area (Å²) in [4.78, 5) is 21.7. The van der Waals surface area contributed by atoms with Crippen LogP contribution in [0.25, 0.3) is 0 Å². The number of nitro benzene ring substituents is 1. The van der Waals surface area contributed by atoms with Crippen LogP contribution < -0.4 is 11.7 Å². The normalized spacial score (nSPS) is 9.35. The Morgan fingerprint density at radius 1 is 1.10 bits per heavy atom. The molecule has 0 heterocycles. The van der Waals surface area contributed by atoms with Crippen molar-refractivity contribution in [3.63, 3.8) is 0 Å². The number of non-ortho nitro benzene ring substituents is 1. The summed E-state index contributed by atoms with van der Waals surface area (Å²) in [6.07, 6.45) is 0. The first-order valence-electron chi connectivity index (χ1n) is 5.46. The summed E-state index contributed by atoms with van der Waals surface area (Å²) in [5.74, 6) is 6.61. The molecule has 2 aromatic carbocycles.